The number of ether oxygens (including phenoxy) is 1. The summed E-state index contributed by atoms with van der Waals surface area (Å²) in [6, 6.07) is 20.7. The third-order valence-corrected chi connectivity index (χ3v) is 6.41. The predicted molar refractivity (Wildman–Crippen MR) is 122 cm³/mol. The van der Waals surface area contributed by atoms with Crippen molar-refractivity contribution < 1.29 is 17.9 Å². The largest absolute Gasteiger partial charge is 0.497 e. The lowest BCUT2D eigenvalue weighted by molar-refractivity contribution is 0.0935. The van der Waals surface area contributed by atoms with Gasteiger partial charge in [0.15, 0.2) is 0 Å². The lowest BCUT2D eigenvalue weighted by Crippen LogP contribution is -2.28. The summed E-state index contributed by atoms with van der Waals surface area (Å²) in [7, 11) is -2.29. The van der Waals surface area contributed by atoms with Crippen molar-refractivity contribution in [3.05, 3.63) is 89.5 Å². The van der Waals surface area contributed by atoms with E-state index in [-0.39, 0.29) is 16.8 Å². The van der Waals surface area contributed by atoms with Crippen LogP contribution in [-0.2, 0) is 10.0 Å². The van der Waals surface area contributed by atoms with Crippen LogP contribution in [0.1, 0.15) is 40.9 Å². The number of methoxy groups -OCH3 is 1. The Bertz CT molecular complexity index is 1140. The molecule has 0 fully saturated rings. The number of rotatable bonds is 8. The van der Waals surface area contributed by atoms with Gasteiger partial charge in [-0.15, -0.1) is 0 Å². The fourth-order valence-corrected chi connectivity index (χ4v) is 4.30. The number of amides is 1. The van der Waals surface area contributed by atoms with Crippen LogP contribution < -0.4 is 14.8 Å². The van der Waals surface area contributed by atoms with Crippen LogP contribution in [0.4, 0.5) is 5.69 Å². The maximum atomic E-state index is 12.9. The Morgan fingerprint density at radius 2 is 1.68 bits per heavy atom. The lowest BCUT2D eigenvalue weighted by Gasteiger charge is -2.18. The minimum atomic E-state index is -3.81. The molecule has 0 radical (unpaired) electrons. The number of nitrogens with one attached hydrogen (secondary N) is 2. The molecule has 3 rings (SSSR count). The summed E-state index contributed by atoms with van der Waals surface area (Å²) >= 11 is 0. The second-order valence-corrected chi connectivity index (χ2v) is 8.84. The molecular formula is C24H26N2O4S. The van der Waals surface area contributed by atoms with Crippen molar-refractivity contribution in [1.29, 1.82) is 0 Å². The van der Waals surface area contributed by atoms with Gasteiger partial charge < -0.3 is 10.1 Å². The second-order valence-electron chi connectivity index (χ2n) is 7.16. The highest BCUT2D eigenvalue weighted by Gasteiger charge is 2.18. The van der Waals surface area contributed by atoms with Crippen LogP contribution in [0.2, 0.25) is 0 Å². The van der Waals surface area contributed by atoms with Gasteiger partial charge in [0.25, 0.3) is 15.9 Å². The van der Waals surface area contributed by atoms with Crippen molar-refractivity contribution in [3.63, 3.8) is 0 Å². The number of hydrogen-bond acceptors (Lipinski definition) is 4. The number of hydrogen-bond donors (Lipinski definition) is 2. The van der Waals surface area contributed by atoms with Gasteiger partial charge in [0.1, 0.15) is 5.75 Å². The van der Waals surface area contributed by atoms with Gasteiger partial charge in [-0.2, -0.15) is 0 Å². The fraction of sp³-hybridized carbons (Fsp3) is 0.208. The molecule has 0 heterocycles. The molecule has 0 aliphatic carbocycles. The summed E-state index contributed by atoms with van der Waals surface area (Å²) in [5, 5.41) is 3.02. The van der Waals surface area contributed by atoms with Crippen LogP contribution in [-0.4, -0.2) is 21.4 Å². The SMILES string of the molecule is CC[C@@H](NC(=O)c1ccc(C)c(NS(=O)(=O)c2ccc(OC)cc2)c1)c1ccccc1. The minimum absolute atomic E-state index is 0.109. The average Bonchev–Trinajstić information content (AvgIpc) is 2.79. The third kappa shape index (κ3) is 5.44. The van der Waals surface area contributed by atoms with Crippen LogP contribution in [0.25, 0.3) is 0 Å². The summed E-state index contributed by atoms with van der Waals surface area (Å²) in [4.78, 5) is 13.0. The molecule has 162 valence electrons. The number of sulfonamides is 1. The molecule has 31 heavy (non-hydrogen) atoms. The van der Waals surface area contributed by atoms with E-state index >= 15 is 0 Å². The first-order valence-corrected chi connectivity index (χ1v) is 11.5. The summed E-state index contributed by atoms with van der Waals surface area (Å²) in [5.41, 5.74) is 2.47. The van der Waals surface area contributed by atoms with Gasteiger partial charge in [-0.1, -0.05) is 43.3 Å². The van der Waals surface area contributed by atoms with Gasteiger partial charge in [-0.25, -0.2) is 8.42 Å². The molecule has 1 amide bonds. The van der Waals surface area contributed by atoms with Crippen molar-refractivity contribution in [3.8, 4) is 5.75 Å². The normalized spacial score (nSPS) is 12.1. The van der Waals surface area contributed by atoms with Crippen molar-refractivity contribution in [2.75, 3.05) is 11.8 Å². The molecule has 2 N–H and O–H groups in total. The van der Waals surface area contributed by atoms with E-state index in [0.717, 1.165) is 12.0 Å². The molecule has 6 nitrogen and oxygen atoms in total. The van der Waals surface area contributed by atoms with E-state index in [2.05, 4.69) is 10.0 Å². The van der Waals surface area contributed by atoms with Crippen LogP contribution >= 0.6 is 0 Å². The fourth-order valence-electron chi connectivity index (χ4n) is 3.18. The molecular weight excluding hydrogens is 412 g/mol. The molecule has 0 spiro atoms. The molecule has 1 atom stereocenters. The van der Waals surface area contributed by atoms with Crippen LogP contribution in [0, 0.1) is 6.92 Å². The molecule has 0 aliphatic rings. The highest BCUT2D eigenvalue weighted by Crippen LogP contribution is 2.24. The standard InChI is InChI=1S/C24H26N2O4S/c1-4-22(18-8-6-5-7-9-18)25-24(27)19-11-10-17(2)23(16-19)26-31(28,29)21-14-12-20(30-3)13-15-21/h5-16,22,26H,4H2,1-3H3,(H,25,27)/t22-/m1/s1. The van der Waals surface area contributed by atoms with E-state index in [1.165, 1.54) is 19.2 Å². The van der Waals surface area contributed by atoms with Gasteiger partial charge in [-0.3, -0.25) is 9.52 Å². The van der Waals surface area contributed by atoms with Gasteiger partial charge in [0.2, 0.25) is 0 Å². The van der Waals surface area contributed by atoms with Gasteiger partial charge in [0, 0.05) is 5.56 Å². The molecule has 0 saturated heterocycles. The number of carbonyl (C=O) groups is 1. The average molecular weight is 439 g/mol. The van der Waals surface area contributed by atoms with Crippen LogP contribution in [0.5, 0.6) is 5.75 Å². The van der Waals surface area contributed by atoms with Gasteiger partial charge in [0.05, 0.1) is 23.7 Å². The van der Waals surface area contributed by atoms with Crippen LogP contribution in [0.15, 0.2) is 77.7 Å². The Morgan fingerprint density at radius 1 is 1.00 bits per heavy atom. The molecule has 0 bridgehead atoms. The van der Waals surface area contributed by atoms with Crippen molar-refractivity contribution in [1.82, 2.24) is 5.32 Å². The van der Waals surface area contributed by atoms with E-state index in [1.54, 1.807) is 37.3 Å². The summed E-state index contributed by atoms with van der Waals surface area (Å²) < 4.78 is 33.2. The Kier molecular flexibility index (Phi) is 6.97. The lowest BCUT2D eigenvalue weighted by atomic mass is 10.0. The van der Waals surface area contributed by atoms with Gasteiger partial charge in [-0.05, 0) is 60.9 Å². The number of benzene rings is 3. The maximum Gasteiger partial charge on any atom is 0.261 e. The van der Waals surface area contributed by atoms with Gasteiger partial charge >= 0.3 is 0 Å². The first kappa shape index (κ1) is 22.4. The molecule has 0 aliphatic heterocycles. The van der Waals surface area contributed by atoms with E-state index in [4.69, 9.17) is 4.74 Å². The quantitative estimate of drug-likeness (QED) is 0.535. The zero-order valence-electron chi connectivity index (χ0n) is 17.8. The molecule has 0 aromatic heterocycles. The summed E-state index contributed by atoms with van der Waals surface area (Å²) in [5.74, 6) is 0.304. The van der Waals surface area contributed by atoms with Crippen molar-refractivity contribution >= 4 is 21.6 Å². The Labute approximate surface area is 183 Å². The number of aryl methyl sites for hydroxylation is 1. The number of anilines is 1. The van der Waals surface area contributed by atoms with E-state index in [1.807, 2.05) is 37.3 Å². The Morgan fingerprint density at radius 3 is 2.29 bits per heavy atom. The second kappa shape index (κ2) is 9.66. The molecule has 3 aromatic rings. The topological polar surface area (TPSA) is 84.5 Å². The highest BCUT2D eigenvalue weighted by molar-refractivity contribution is 7.92. The first-order valence-electron chi connectivity index (χ1n) is 9.97. The van der Waals surface area contributed by atoms with E-state index < -0.39 is 10.0 Å². The van der Waals surface area contributed by atoms with E-state index in [9.17, 15) is 13.2 Å². The summed E-state index contributed by atoms with van der Waals surface area (Å²) in [6.07, 6.45) is 0.735. The molecule has 0 unspecified atom stereocenters. The van der Waals surface area contributed by atoms with Crippen molar-refractivity contribution in [2.45, 2.75) is 31.2 Å². The zero-order chi connectivity index (χ0) is 22.4. The van der Waals surface area contributed by atoms with E-state index in [0.29, 0.717) is 22.6 Å². The Balaban J connectivity index is 1.81. The predicted octanol–water partition coefficient (Wildman–Crippen LogP) is 4.69. The highest BCUT2D eigenvalue weighted by atomic mass is 32.2. The number of carbonyl (C=O) groups excluding carboxylic acids is 1. The van der Waals surface area contributed by atoms with Crippen LogP contribution in [0.3, 0.4) is 0 Å². The molecule has 0 saturated carbocycles. The monoisotopic (exact) mass is 438 g/mol. The summed E-state index contributed by atoms with van der Waals surface area (Å²) in [6.45, 7) is 3.79. The smallest absolute Gasteiger partial charge is 0.261 e. The first-order chi connectivity index (χ1) is 14.8. The minimum Gasteiger partial charge on any atom is -0.497 e. The maximum absolute atomic E-state index is 12.9. The van der Waals surface area contributed by atoms with Crippen molar-refractivity contribution in [2.24, 2.45) is 0 Å². The molecule has 3 aromatic carbocycles. The Hall–Kier alpha value is -3.32. The third-order valence-electron chi connectivity index (χ3n) is 5.03. The molecule has 7 heteroatoms. The zero-order valence-corrected chi connectivity index (χ0v) is 18.6.